The normalized spacial score (nSPS) is 10.7. The van der Waals surface area contributed by atoms with E-state index in [-0.39, 0.29) is 11.8 Å². The largest absolute Gasteiger partial charge is 0.356 e. The van der Waals surface area contributed by atoms with Gasteiger partial charge in [0.1, 0.15) is 5.78 Å². The van der Waals surface area contributed by atoms with Crippen molar-refractivity contribution < 1.29 is 9.59 Å². The van der Waals surface area contributed by atoms with Crippen molar-refractivity contribution in [2.24, 2.45) is 5.92 Å². The number of nitrogens with one attached hydrogen (secondary N) is 1. The van der Waals surface area contributed by atoms with E-state index in [0.29, 0.717) is 12.2 Å². The fourth-order valence-corrected chi connectivity index (χ4v) is 1.95. The Morgan fingerprint density at radius 1 is 0.895 bits per heavy atom. The second kappa shape index (κ2) is 12.2. The number of rotatable bonds is 12. The number of carbonyl (C=O) groups excluding carboxylic acids is 2. The Morgan fingerprint density at radius 3 is 1.95 bits per heavy atom. The average molecular weight is 269 g/mol. The number of ketones is 1. The summed E-state index contributed by atoms with van der Waals surface area (Å²) in [6.07, 6.45) is 9.53. The Labute approximate surface area is 118 Å². The number of unbranched alkanes of at least 4 members (excludes halogenated alkanes) is 6. The smallest absolute Gasteiger partial charge is 0.219 e. The molecule has 0 radical (unpaired) electrons. The Bertz CT molecular complexity index is 249. The van der Waals surface area contributed by atoms with Gasteiger partial charge in [-0.05, 0) is 12.8 Å². The second-order valence-electron chi connectivity index (χ2n) is 5.55. The van der Waals surface area contributed by atoms with Gasteiger partial charge in [0.25, 0.3) is 0 Å². The molecule has 3 nitrogen and oxygen atoms in total. The first-order chi connectivity index (χ1) is 9.07. The Hall–Kier alpha value is -0.860. The van der Waals surface area contributed by atoms with Crippen LogP contribution >= 0.6 is 0 Å². The van der Waals surface area contributed by atoms with E-state index >= 15 is 0 Å². The third kappa shape index (κ3) is 11.9. The monoisotopic (exact) mass is 269 g/mol. The predicted molar refractivity (Wildman–Crippen MR) is 80.1 cm³/mol. The molecule has 19 heavy (non-hydrogen) atoms. The van der Waals surface area contributed by atoms with Crippen LogP contribution in [-0.2, 0) is 9.59 Å². The lowest BCUT2D eigenvalue weighted by molar-refractivity contribution is -0.122. The summed E-state index contributed by atoms with van der Waals surface area (Å²) in [5, 5.41) is 2.89. The summed E-state index contributed by atoms with van der Waals surface area (Å²) in [6.45, 7) is 6.63. The molecule has 112 valence electrons. The van der Waals surface area contributed by atoms with Crippen LogP contribution in [0.15, 0.2) is 0 Å². The molecule has 0 saturated carbocycles. The molecule has 1 N–H and O–H groups in total. The second-order valence-corrected chi connectivity index (χ2v) is 5.55. The maximum atomic E-state index is 11.4. The van der Waals surface area contributed by atoms with E-state index < -0.39 is 0 Å². The summed E-state index contributed by atoms with van der Waals surface area (Å²) in [4.78, 5) is 22.4. The van der Waals surface area contributed by atoms with Gasteiger partial charge in [-0.2, -0.15) is 0 Å². The Kier molecular flexibility index (Phi) is 11.6. The zero-order valence-electron chi connectivity index (χ0n) is 13.0. The van der Waals surface area contributed by atoms with Crippen molar-refractivity contribution in [1.29, 1.82) is 0 Å². The molecule has 3 heteroatoms. The van der Waals surface area contributed by atoms with Gasteiger partial charge in [0.2, 0.25) is 5.91 Å². The van der Waals surface area contributed by atoms with E-state index in [1.54, 1.807) is 0 Å². The molecular weight excluding hydrogens is 238 g/mol. The highest BCUT2D eigenvalue weighted by Gasteiger charge is 2.05. The fraction of sp³-hybridized carbons (Fsp3) is 0.875. The van der Waals surface area contributed by atoms with Crippen LogP contribution in [0.2, 0.25) is 0 Å². The third-order valence-electron chi connectivity index (χ3n) is 3.39. The van der Waals surface area contributed by atoms with Crippen LogP contribution in [0.5, 0.6) is 0 Å². The first kappa shape index (κ1) is 18.1. The quantitative estimate of drug-likeness (QED) is 0.547. The molecular formula is C16H31NO2. The van der Waals surface area contributed by atoms with E-state index in [9.17, 15) is 9.59 Å². The lowest BCUT2D eigenvalue weighted by Crippen LogP contribution is -2.23. The van der Waals surface area contributed by atoms with Gasteiger partial charge in [-0.15, -0.1) is 0 Å². The van der Waals surface area contributed by atoms with E-state index in [4.69, 9.17) is 0 Å². The lowest BCUT2D eigenvalue weighted by atomic mass is 10.0. The number of hydrogen-bond donors (Lipinski definition) is 1. The van der Waals surface area contributed by atoms with Gasteiger partial charge < -0.3 is 5.32 Å². The number of hydrogen-bond acceptors (Lipinski definition) is 2. The highest BCUT2D eigenvalue weighted by Crippen LogP contribution is 2.10. The van der Waals surface area contributed by atoms with Crippen LogP contribution in [0.25, 0.3) is 0 Å². The molecule has 1 amide bonds. The highest BCUT2D eigenvalue weighted by molar-refractivity contribution is 5.80. The van der Waals surface area contributed by atoms with Gasteiger partial charge in [-0.1, -0.05) is 52.9 Å². The molecule has 0 aromatic heterocycles. The van der Waals surface area contributed by atoms with Crippen molar-refractivity contribution >= 4 is 11.7 Å². The van der Waals surface area contributed by atoms with E-state index in [1.165, 1.54) is 32.1 Å². The summed E-state index contributed by atoms with van der Waals surface area (Å²) < 4.78 is 0. The summed E-state index contributed by atoms with van der Waals surface area (Å²) in [6, 6.07) is 0. The highest BCUT2D eigenvalue weighted by atomic mass is 16.1. The standard InChI is InChI=1S/C16H31NO2/c1-4-16(19)17-13-11-9-7-5-6-8-10-12-15(18)14(2)3/h14H,4-13H2,1-3H3,(H,17,19). The van der Waals surface area contributed by atoms with Gasteiger partial charge in [0.15, 0.2) is 0 Å². The summed E-state index contributed by atoms with van der Waals surface area (Å²) in [5.41, 5.74) is 0. The van der Waals surface area contributed by atoms with Crippen molar-refractivity contribution in [2.45, 2.75) is 78.6 Å². The zero-order chi connectivity index (χ0) is 14.5. The first-order valence-electron chi connectivity index (χ1n) is 7.87. The molecule has 0 spiro atoms. The minimum atomic E-state index is 0.148. The Morgan fingerprint density at radius 2 is 1.42 bits per heavy atom. The molecule has 0 unspecified atom stereocenters. The summed E-state index contributed by atoms with van der Waals surface area (Å²) in [7, 11) is 0. The van der Waals surface area contributed by atoms with Crippen molar-refractivity contribution in [3.63, 3.8) is 0 Å². The van der Waals surface area contributed by atoms with Gasteiger partial charge in [-0.25, -0.2) is 0 Å². The molecule has 0 heterocycles. The first-order valence-corrected chi connectivity index (χ1v) is 7.87. The van der Waals surface area contributed by atoms with Crippen LogP contribution in [-0.4, -0.2) is 18.2 Å². The maximum Gasteiger partial charge on any atom is 0.219 e. The van der Waals surface area contributed by atoms with Crippen molar-refractivity contribution in [3.8, 4) is 0 Å². The van der Waals surface area contributed by atoms with Gasteiger partial charge in [0, 0.05) is 25.3 Å². The molecule has 0 fully saturated rings. The summed E-state index contributed by atoms with van der Waals surface area (Å²) in [5.74, 6) is 0.736. The minimum absolute atomic E-state index is 0.148. The fourth-order valence-electron chi connectivity index (χ4n) is 1.95. The van der Waals surface area contributed by atoms with Crippen molar-refractivity contribution in [2.75, 3.05) is 6.54 Å². The van der Waals surface area contributed by atoms with E-state index in [1.807, 2.05) is 20.8 Å². The van der Waals surface area contributed by atoms with E-state index in [0.717, 1.165) is 25.8 Å². The minimum Gasteiger partial charge on any atom is -0.356 e. The van der Waals surface area contributed by atoms with Crippen LogP contribution in [0.3, 0.4) is 0 Å². The Balaban J connectivity index is 3.15. The van der Waals surface area contributed by atoms with Crippen LogP contribution in [0.1, 0.15) is 78.6 Å². The number of amides is 1. The van der Waals surface area contributed by atoms with Gasteiger partial charge in [-0.3, -0.25) is 9.59 Å². The maximum absolute atomic E-state index is 11.4. The molecule has 0 aliphatic rings. The topological polar surface area (TPSA) is 46.2 Å². The molecule has 0 aromatic carbocycles. The summed E-state index contributed by atoms with van der Waals surface area (Å²) >= 11 is 0. The SMILES string of the molecule is CCC(=O)NCCCCCCCCCC(=O)C(C)C. The van der Waals surface area contributed by atoms with Crippen LogP contribution in [0.4, 0.5) is 0 Å². The molecule has 0 bridgehead atoms. The lowest BCUT2D eigenvalue weighted by Gasteiger charge is -2.05. The predicted octanol–water partition coefficient (Wildman–Crippen LogP) is 3.86. The molecule has 0 atom stereocenters. The average Bonchev–Trinajstić information content (AvgIpc) is 2.39. The third-order valence-corrected chi connectivity index (χ3v) is 3.39. The van der Waals surface area contributed by atoms with Crippen LogP contribution in [0, 0.1) is 5.92 Å². The number of carbonyl (C=O) groups is 2. The van der Waals surface area contributed by atoms with Crippen molar-refractivity contribution in [1.82, 2.24) is 5.32 Å². The van der Waals surface area contributed by atoms with Gasteiger partial charge >= 0.3 is 0 Å². The van der Waals surface area contributed by atoms with Gasteiger partial charge in [0.05, 0.1) is 0 Å². The molecule has 0 aromatic rings. The number of Topliss-reactive ketones (excluding diaryl/α,β-unsaturated/α-hetero) is 1. The van der Waals surface area contributed by atoms with Crippen molar-refractivity contribution in [3.05, 3.63) is 0 Å². The van der Waals surface area contributed by atoms with E-state index in [2.05, 4.69) is 5.32 Å². The zero-order valence-corrected chi connectivity index (χ0v) is 13.0. The van der Waals surface area contributed by atoms with Crippen LogP contribution < -0.4 is 5.32 Å². The molecule has 0 aliphatic heterocycles. The molecule has 0 saturated heterocycles. The molecule has 0 rings (SSSR count). The molecule has 0 aliphatic carbocycles.